The van der Waals surface area contributed by atoms with Crippen molar-refractivity contribution in [3.8, 4) is 0 Å². The molecule has 1 aromatic rings. The maximum absolute atomic E-state index is 12.2. The van der Waals surface area contributed by atoms with E-state index in [1.165, 1.54) is 55.7 Å². The number of imide groups is 1. The molecule has 3 fully saturated rings. The molecule has 1 aromatic heterocycles. The number of amides is 4. The summed E-state index contributed by atoms with van der Waals surface area (Å²) in [6, 6.07) is -0.126. The Kier molecular flexibility index (Phi) is 6.10. The third kappa shape index (κ3) is 4.91. The van der Waals surface area contributed by atoms with Crippen LogP contribution in [0.3, 0.4) is 0 Å². The van der Waals surface area contributed by atoms with Crippen LogP contribution in [0, 0.1) is 17.8 Å². The average molecular weight is 438 g/mol. The number of hydrogen-bond donors (Lipinski definition) is 2. The highest BCUT2D eigenvalue weighted by atomic mass is 32.2. The van der Waals surface area contributed by atoms with Crippen LogP contribution in [-0.4, -0.2) is 45.9 Å². The molecule has 4 amide bonds. The lowest BCUT2D eigenvalue weighted by Crippen LogP contribution is -2.47. The van der Waals surface area contributed by atoms with Gasteiger partial charge in [-0.1, -0.05) is 29.5 Å². The first-order valence-corrected chi connectivity index (χ1v) is 12.1. The molecule has 0 aromatic carbocycles. The molecule has 2 N–H and O–H groups in total. The Bertz CT molecular complexity index is 797. The predicted octanol–water partition coefficient (Wildman–Crippen LogP) is 2.80. The van der Waals surface area contributed by atoms with Gasteiger partial charge in [-0.25, -0.2) is 4.79 Å². The molecule has 0 spiro atoms. The number of hydrogen-bond acceptors (Lipinski definition) is 7. The van der Waals surface area contributed by atoms with Crippen LogP contribution >= 0.6 is 23.1 Å². The van der Waals surface area contributed by atoms with Gasteiger partial charge in [0.2, 0.25) is 16.9 Å². The van der Waals surface area contributed by atoms with Crippen LogP contribution in [0.15, 0.2) is 4.34 Å². The molecule has 3 aliphatic carbocycles. The highest BCUT2D eigenvalue weighted by Gasteiger charge is 2.42. The molecule has 0 aliphatic heterocycles. The molecule has 3 saturated carbocycles. The molecule has 2 bridgehead atoms. The van der Waals surface area contributed by atoms with Crippen molar-refractivity contribution in [3.63, 3.8) is 0 Å². The van der Waals surface area contributed by atoms with E-state index >= 15 is 0 Å². The molecule has 10 heteroatoms. The van der Waals surface area contributed by atoms with Gasteiger partial charge in [0.25, 0.3) is 0 Å². The molecule has 4 atom stereocenters. The minimum atomic E-state index is -0.430. The number of carbonyl (C=O) groups excluding carboxylic acids is 3. The molecule has 8 nitrogen and oxygen atoms in total. The number of fused-ring (bicyclic) bond motifs is 2. The summed E-state index contributed by atoms with van der Waals surface area (Å²) in [6.45, 7) is 3.56. The van der Waals surface area contributed by atoms with Crippen LogP contribution in [-0.2, 0) is 9.59 Å². The van der Waals surface area contributed by atoms with Crippen LogP contribution in [0.1, 0.15) is 52.4 Å². The second-order valence-electron chi connectivity index (χ2n) is 8.41. The van der Waals surface area contributed by atoms with Crippen molar-refractivity contribution < 1.29 is 14.4 Å². The Morgan fingerprint density at radius 1 is 1.21 bits per heavy atom. The van der Waals surface area contributed by atoms with Crippen molar-refractivity contribution in [2.24, 2.45) is 17.8 Å². The predicted molar refractivity (Wildman–Crippen MR) is 112 cm³/mol. The third-order valence-electron chi connectivity index (χ3n) is 6.23. The summed E-state index contributed by atoms with van der Waals surface area (Å²) < 4.78 is 0.609. The summed E-state index contributed by atoms with van der Waals surface area (Å²) >= 11 is 2.52. The van der Waals surface area contributed by atoms with E-state index in [1.807, 2.05) is 6.92 Å². The fourth-order valence-corrected chi connectivity index (χ4v) is 6.54. The number of carbonyl (C=O) groups is 3. The van der Waals surface area contributed by atoms with Gasteiger partial charge in [-0.05, 0) is 56.8 Å². The number of thioether (sulfide) groups is 1. The molecule has 0 saturated heterocycles. The molecule has 1 heterocycles. The lowest BCUT2D eigenvalue weighted by Gasteiger charge is -2.28. The minimum Gasteiger partial charge on any atom is -0.335 e. The molecule has 3 aliphatic rings. The topological polar surface area (TPSA) is 104 Å². The van der Waals surface area contributed by atoms with Crippen molar-refractivity contribution in [3.05, 3.63) is 0 Å². The van der Waals surface area contributed by atoms with Gasteiger partial charge >= 0.3 is 6.03 Å². The third-order valence-corrected chi connectivity index (χ3v) is 8.28. The summed E-state index contributed by atoms with van der Waals surface area (Å²) in [6.07, 6.45) is 7.05. The standard InChI is InChI=1S/C19H27N5O3S2/c1-10(15-8-12-3-4-13(15)7-12)20-17(27)21-16(26)9-28-19-23-22-18(29-19)24(11(2)25)14-5-6-14/h10,12-15H,3-9H2,1-2H3,(H2,20,21,26,27). The van der Waals surface area contributed by atoms with Gasteiger partial charge in [0.15, 0.2) is 4.34 Å². The van der Waals surface area contributed by atoms with Crippen molar-refractivity contribution >= 4 is 46.1 Å². The summed E-state index contributed by atoms with van der Waals surface area (Å²) in [7, 11) is 0. The van der Waals surface area contributed by atoms with E-state index in [-0.39, 0.29) is 29.7 Å². The van der Waals surface area contributed by atoms with Gasteiger partial charge in [-0.15, -0.1) is 10.2 Å². The SMILES string of the molecule is CC(=O)N(c1nnc(SCC(=O)NC(=O)NC(C)C2CC3CCC2C3)s1)C1CC1. The average Bonchev–Trinajstić information content (AvgIpc) is 3.07. The summed E-state index contributed by atoms with van der Waals surface area (Å²) in [4.78, 5) is 37.8. The molecular weight excluding hydrogens is 410 g/mol. The maximum Gasteiger partial charge on any atom is 0.321 e. The van der Waals surface area contributed by atoms with Crippen LogP contribution in [0.4, 0.5) is 9.93 Å². The molecular formula is C19H27N5O3S2. The zero-order chi connectivity index (χ0) is 20.5. The normalized spacial score (nSPS) is 26.2. The number of urea groups is 1. The minimum absolute atomic E-state index is 0.0424. The Morgan fingerprint density at radius 3 is 2.62 bits per heavy atom. The van der Waals surface area contributed by atoms with Gasteiger partial charge in [0, 0.05) is 19.0 Å². The fourth-order valence-electron chi connectivity index (χ4n) is 4.79. The van der Waals surface area contributed by atoms with E-state index < -0.39 is 6.03 Å². The Hall–Kier alpha value is -1.68. The van der Waals surface area contributed by atoms with Gasteiger partial charge in [-0.2, -0.15) is 0 Å². The number of nitrogens with one attached hydrogen (secondary N) is 2. The fraction of sp³-hybridized carbons (Fsp3) is 0.737. The van der Waals surface area contributed by atoms with Crippen LogP contribution in [0.5, 0.6) is 0 Å². The van der Waals surface area contributed by atoms with E-state index in [2.05, 4.69) is 20.8 Å². The first kappa shape index (κ1) is 20.6. The Morgan fingerprint density at radius 2 is 2.00 bits per heavy atom. The van der Waals surface area contributed by atoms with Crippen molar-refractivity contribution in [1.29, 1.82) is 0 Å². The smallest absolute Gasteiger partial charge is 0.321 e. The first-order valence-electron chi connectivity index (χ1n) is 10.3. The van der Waals surface area contributed by atoms with E-state index in [0.29, 0.717) is 15.4 Å². The Balaban J connectivity index is 1.21. The zero-order valence-electron chi connectivity index (χ0n) is 16.7. The summed E-state index contributed by atoms with van der Waals surface area (Å²) in [5.41, 5.74) is 0. The van der Waals surface area contributed by atoms with Gasteiger partial charge < -0.3 is 5.32 Å². The number of rotatable bonds is 7. The lowest BCUT2D eigenvalue weighted by atomic mass is 9.84. The molecule has 158 valence electrons. The van der Waals surface area contributed by atoms with E-state index in [9.17, 15) is 14.4 Å². The quantitative estimate of drug-likeness (QED) is 0.502. The maximum atomic E-state index is 12.2. The van der Waals surface area contributed by atoms with Crippen LogP contribution in [0.2, 0.25) is 0 Å². The largest absolute Gasteiger partial charge is 0.335 e. The first-order chi connectivity index (χ1) is 13.9. The number of aromatic nitrogens is 2. The summed E-state index contributed by atoms with van der Waals surface area (Å²) in [5, 5.41) is 14.1. The number of anilines is 1. The zero-order valence-corrected chi connectivity index (χ0v) is 18.4. The second-order valence-corrected chi connectivity index (χ2v) is 10.6. The van der Waals surface area contributed by atoms with Crippen LogP contribution < -0.4 is 15.5 Å². The second kappa shape index (κ2) is 8.59. The monoisotopic (exact) mass is 437 g/mol. The van der Waals surface area contributed by atoms with E-state index in [4.69, 9.17) is 0 Å². The Labute approximate surface area is 178 Å². The van der Waals surface area contributed by atoms with E-state index in [1.54, 1.807) is 4.90 Å². The lowest BCUT2D eigenvalue weighted by molar-refractivity contribution is -0.118. The molecule has 29 heavy (non-hydrogen) atoms. The highest BCUT2D eigenvalue weighted by Crippen LogP contribution is 2.49. The van der Waals surface area contributed by atoms with Crippen molar-refractivity contribution in [2.75, 3.05) is 10.7 Å². The number of nitrogens with zero attached hydrogens (tertiary/aromatic N) is 3. The van der Waals surface area contributed by atoms with Gasteiger partial charge in [0.1, 0.15) is 0 Å². The summed E-state index contributed by atoms with van der Waals surface area (Å²) in [5.74, 6) is 1.74. The van der Waals surface area contributed by atoms with Crippen molar-refractivity contribution in [2.45, 2.75) is 68.8 Å². The van der Waals surface area contributed by atoms with Crippen molar-refractivity contribution in [1.82, 2.24) is 20.8 Å². The highest BCUT2D eigenvalue weighted by molar-refractivity contribution is 8.01. The molecule has 0 radical (unpaired) electrons. The van der Waals surface area contributed by atoms with Crippen LogP contribution in [0.25, 0.3) is 0 Å². The molecule has 4 rings (SSSR count). The van der Waals surface area contributed by atoms with Gasteiger partial charge in [0.05, 0.1) is 5.75 Å². The molecule has 4 unspecified atom stereocenters. The van der Waals surface area contributed by atoms with Gasteiger partial charge in [-0.3, -0.25) is 19.8 Å². The van der Waals surface area contributed by atoms with E-state index in [0.717, 1.165) is 24.7 Å².